The molecule has 6 nitrogen and oxygen atoms in total. The molecule has 2 aliphatic rings. The lowest BCUT2D eigenvalue weighted by Gasteiger charge is -2.21. The monoisotopic (exact) mass is 386 g/mol. The molecule has 7 heteroatoms. The molecule has 1 aliphatic heterocycles. The maximum atomic E-state index is 12.6. The first-order chi connectivity index (χ1) is 13.2. The molecular formula is C20H26N4O2S. The van der Waals surface area contributed by atoms with Gasteiger partial charge in [-0.1, -0.05) is 0 Å². The molecule has 2 aromatic rings. The summed E-state index contributed by atoms with van der Waals surface area (Å²) in [5.74, 6) is 0.331. The quantitative estimate of drug-likeness (QED) is 0.776. The third-order valence-electron chi connectivity index (χ3n) is 5.48. The second kappa shape index (κ2) is 8.25. The summed E-state index contributed by atoms with van der Waals surface area (Å²) in [5, 5.41) is 7.24. The Labute approximate surface area is 163 Å². The van der Waals surface area contributed by atoms with Gasteiger partial charge in [0.15, 0.2) is 0 Å². The van der Waals surface area contributed by atoms with Crippen LogP contribution in [-0.4, -0.2) is 46.1 Å². The van der Waals surface area contributed by atoms with Crippen LogP contribution in [0, 0.1) is 5.92 Å². The summed E-state index contributed by atoms with van der Waals surface area (Å²) in [6.07, 6.45) is 9.32. The zero-order chi connectivity index (χ0) is 18.6. The number of fused-ring (bicyclic) bond motifs is 1. The number of hydrogen-bond donors (Lipinski definition) is 1. The van der Waals surface area contributed by atoms with E-state index in [-0.39, 0.29) is 17.7 Å². The Morgan fingerprint density at radius 2 is 2.15 bits per heavy atom. The van der Waals surface area contributed by atoms with Gasteiger partial charge in [0.05, 0.1) is 4.88 Å². The summed E-state index contributed by atoms with van der Waals surface area (Å²) in [7, 11) is 0. The Morgan fingerprint density at radius 3 is 2.93 bits per heavy atom. The second-order valence-corrected chi connectivity index (χ2v) is 8.55. The number of hydrogen-bond acceptors (Lipinski definition) is 4. The fraction of sp³-hybridized carbons (Fsp3) is 0.550. The van der Waals surface area contributed by atoms with Gasteiger partial charge in [0.1, 0.15) is 0 Å². The standard InChI is InChI=1S/C20H26N4O2S/c25-19(21-7-3-11-24-12-4-8-22-24)15-5-6-17-16(13-15)14-18(27-17)20(26)23-9-1-2-10-23/h4,8,12,14-15H,1-3,5-7,9-11,13H2,(H,21,25). The van der Waals surface area contributed by atoms with E-state index in [1.807, 2.05) is 27.9 Å². The van der Waals surface area contributed by atoms with Gasteiger partial charge in [0.25, 0.3) is 5.91 Å². The maximum absolute atomic E-state index is 12.6. The summed E-state index contributed by atoms with van der Waals surface area (Å²) >= 11 is 1.63. The smallest absolute Gasteiger partial charge is 0.263 e. The van der Waals surface area contributed by atoms with Crippen LogP contribution in [-0.2, 0) is 24.2 Å². The Bertz CT molecular complexity index is 793. The minimum atomic E-state index is 0.0199. The Balaban J connectivity index is 1.28. The van der Waals surface area contributed by atoms with E-state index in [9.17, 15) is 9.59 Å². The van der Waals surface area contributed by atoms with Crippen molar-refractivity contribution in [1.29, 1.82) is 0 Å². The lowest BCUT2D eigenvalue weighted by Crippen LogP contribution is -2.34. The van der Waals surface area contributed by atoms with Crippen molar-refractivity contribution < 1.29 is 9.59 Å². The highest BCUT2D eigenvalue weighted by Crippen LogP contribution is 2.33. The van der Waals surface area contributed by atoms with Gasteiger partial charge in [0, 0.05) is 49.4 Å². The average Bonchev–Trinajstić information content (AvgIpc) is 3.45. The highest BCUT2D eigenvalue weighted by Gasteiger charge is 2.28. The predicted molar refractivity (Wildman–Crippen MR) is 105 cm³/mol. The molecule has 0 radical (unpaired) electrons. The Morgan fingerprint density at radius 1 is 1.30 bits per heavy atom. The lowest BCUT2D eigenvalue weighted by molar-refractivity contribution is -0.125. The second-order valence-electron chi connectivity index (χ2n) is 7.41. The highest BCUT2D eigenvalue weighted by molar-refractivity contribution is 7.14. The molecule has 0 aromatic carbocycles. The number of aryl methyl sites for hydroxylation is 2. The van der Waals surface area contributed by atoms with Crippen LogP contribution in [0.1, 0.15) is 45.8 Å². The van der Waals surface area contributed by atoms with Gasteiger partial charge >= 0.3 is 0 Å². The van der Waals surface area contributed by atoms with Crippen molar-refractivity contribution >= 4 is 23.2 Å². The summed E-state index contributed by atoms with van der Waals surface area (Å²) in [5.41, 5.74) is 1.20. The maximum Gasteiger partial charge on any atom is 0.263 e. The number of aromatic nitrogens is 2. The molecule has 1 saturated heterocycles. The molecule has 1 unspecified atom stereocenters. The number of carbonyl (C=O) groups excluding carboxylic acids is 2. The molecule has 0 saturated carbocycles. The minimum absolute atomic E-state index is 0.0199. The number of nitrogens with one attached hydrogen (secondary N) is 1. The van der Waals surface area contributed by atoms with E-state index in [2.05, 4.69) is 10.4 Å². The molecule has 0 bridgehead atoms. The van der Waals surface area contributed by atoms with Crippen molar-refractivity contribution in [2.75, 3.05) is 19.6 Å². The molecule has 1 fully saturated rings. The summed E-state index contributed by atoms with van der Waals surface area (Å²) in [4.78, 5) is 29.2. The topological polar surface area (TPSA) is 67.2 Å². The molecule has 4 rings (SSSR count). The third kappa shape index (κ3) is 4.24. The number of thiophene rings is 1. The van der Waals surface area contributed by atoms with Gasteiger partial charge in [-0.3, -0.25) is 14.3 Å². The molecular weight excluding hydrogens is 360 g/mol. The first kappa shape index (κ1) is 18.2. The summed E-state index contributed by atoms with van der Waals surface area (Å²) in [6, 6.07) is 3.94. The first-order valence-electron chi connectivity index (χ1n) is 9.87. The van der Waals surface area contributed by atoms with E-state index in [0.29, 0.717) is 6.54 Å². The third-order valence-corrected chi connectivity index (χ3v) is 6.71. The largest absolute Gasteiger partial charge is 0.356 e. The normalized spacial score (nSPS) is 19.1. The van der Waals surface area contributed by atoms with Crippen LogP contribution in [0.25, 0.3) is 0 Å². The van der Waals surface area contributed by atoms with Crippen molar-refractivity contribution in [2.24, 2.45) is 5.92 Å². The molecule has 144 valence electrons. The van der Waals surface area contributed by atoms with Crippen molar-refractivity contribution in [3.05, 3.63) is 39.8 Å². The van der Waals surface area contributed by atoms with Crippen LogP contribution in [0.5, 0.6) is 0 Å². The number of amides is 2. The van der Waals surface area contributed by atoms with Crippen LogP contribution in [0.15, 0.2) is 24.5 Å². The van der Waals surface area contributed by atoms with Crippen molar-refractivity contribution in [1.82, 2.24) is 20.0 Å². The van der Waals surface area contributed by atoms with E-state index in [1.165, 1.54) is 10.4 Å². The SMILES string of the molecule is O=C(NCCCn1cccn1)C1CCc2sc(C(=O)N3CCCC3)cc2C1. The fourth-order valence-electron chi connectivity index (χ4n) is 3.96. The van der Waals surface area contributed by atoms with E-state index >= 15 is 0 Å². The number of nitrogens with zero attached hydrogens (tertiary/aromatic N) is 3. The number of likely N-dealkylation sites (tertiary alicyclic amines) is 1. The van der Waals surface area contributed by atoms with Crippen LogP contribution < -0.4 is 5.32 Å². The van der Waals surface area contributed by atoms with E-state index in [1.54, 1.807) is 17.5 Å². The van der Waals surface area contributed by atoms with Gasteiger partial charge in [0.2, 0.25) is 5.91 Å². The Hall–Kier alpha value is -2.15. The van der Waals surface area contributed by atoms with Crippen LogP contribution in [0.2, 0.25) is 0 Å². The minimum Gasteiger partial charge on any atom is -0.356 e. The predicted octanol–water partition coefficient (Wildman–Crippen LogP) is 2.49. The fourth-order valence-corrected chi connectivity index (χ4v) is 5.13. The van der Waals surface area contributed by atoms with Crippen LogP contribution >= 0.6 is 11.3 Å². The molecule has 1 N–H and O–H groups in total. The first-order valence-corrected chi connectivity index (χ1v) is 10.7. The zero-order valence-electron chi connectivity index (χ0n) is 15.5. The van der Waals surface area contributed by atoms with Crippen molar-refractivity contribution in [3.63, 3.8) is 0 Å². The number of rotatable bonds is 6. The number of carbonyl (C=O) groups is 2. The van der Waals surface area contributed by atoms with Crippen LogP contribution in [0.3, 0.4) is 0 Å². The molecule has 0 spiro atoms. The van der Waals surface area contributed by atoms with Crippen molar-refractivity contribution in [3.8, 4) is 0 Å². The molecule has 3 heterocycles. The zero-order valence-corrected chi connectivity index (χ0v) is 16.3. The van der Waals surface area contributed by atoms with Gasteiger partial charge < -0.3 is 10.2 Å². The van der Waals surface area contributed by atoms with Gasteiger partial charge in [-0.15, -0.1) is 11.3 Å². The lowest BCUT2D eigenvalue weighted by atomic mass is 9.87. The van der Waals surface area contributed by atoms with E-state index in [4.69, 9.17) is 0 Å². The van der Waals surface area contributed by atoms with Gasteiger partial charge in [-0.25, -0.2) is 0 Å². The van der Waals surface area contributed by atoms with E-state index in [0.717, 1.165) is 63.0 Å². The molecule has 2 amide bonds. The van der Waals surface area contributed by atoms with Crippen LogP contribution in [0.4, 0.5) is 0 Å². The molecule has 27 heavy (non-hydrogen) atoms. The summed E-state index contributed by atoms with van der Waals surface area (Å²) < 4.78 is 1.88. The molecule has 1 atom stereocenters. The molecule has 1 aliphatic carbocycles. The highest BCUT2D eigenvalue weighted by atomic mass is 32.1. The Kier molecular flexibility index (Phi) is 5.57. The van der Waals surface area contributed by atoms with E-state index < -0.39 is 0 Å². The van der Waals surface area contributed by atoms with Gasteiger partial charge in [-0.05, 0) is 56.2 Å². The van der Waals surface area contributed by atoms with Crippen molar-refractivity contribution in [2.45, 2.75) is 45.1 Å². The average molecular weight is 387 g/mol. The molecule has 2 aromatic heterocycles. The summed E-state index contributed by atoms with van der Waals surface area (Å²) in [6.45, 7) is 3.24. The van der Waals surface area contributed by atoms with Gasteiger partial charge in [-0.2, -0.15) is 5.10 Å².